The first-order valence-corrected chi connectivity index (χ1v) is 7.69. The lowest BCUT2D eigenvalue weighted by molar-refractivity contribution is -0.124. The molecule has 0 heterocycles. The van der Waals surface area contributed by atoms with Crippen LogP contribution in [0.25, 0.3) is 0 Å². The SMILES string of the molecule is C=C1C[C@@]2(C(=O)Nc3ccc(C)cc3Br)C=CC(=O)[C@@H]1C2. The van der Waals surface area contributed by atoms with Crippen LogP contribution in [0.1, 0.15) is 18.4 Å². The lowest BCUT2D eigenvalue weighted by atomic mass is 9.79. The lowest BCUT2D eigenvalue weighted by Crippen LogP contribution is -2.35. The van der Waals surface area contributed by atoms with E-state index in [1.807, 2.05) is 25.1 Å². The Morgan fingerprint density at radius 2 is 2.24 bits per heavy atom. The molecule has 1 aromatic rings. The molecule has 0 radical (unpaired) electrons. The number of hydrogen-bond donors (Lipinski definition) is 1. The number of anilines is 1. The van der Waals surface area contributed by atoms with Gasteiger partial charge in [-0.1, -0.05) is 24.3 Å². The molecule has 1 aromatic carbocycles. The van der Waals surface area contributed by atoms with Gasteiger partial charge in [0.05, 0.1) is 11.1 Å². The Morgan fingerprint density at radius 3 is 2.95 bits per heavy atom. The molecule has 0 unspecified atom stereocenters. The summed E-state index contributed by atoms with van der Waals surface area (Å²) in [6.45, 7) is 5.96. The number of rotatable bonds is 2. The summed E-state index contributed by atoms with van der Waals surface area (Å²) in [7, 11) is 0. The number of ketones is 1. The molecule has 1 N–H and O–H groups in total. The van der Waals surface area contributed by atoms with E-state index < -0.39 is 5.41 Å². The Labute approximate surface area is 132 Å². The number of hydrogen-bond acceptors (Lipinski definition) is 2. The van der Waals surface area contributed by atoms with Gasteiger partial charge in [0.1, 0.15) is 0 Å². The van der Waals surface area contributed by atoms with Gasteiger partial charge in [0, 0.05) is 10.4 Å². The number of carbonyl (C=O) groups is 2. The third-order valence-corrected chi connectivity index (χ3v) is 4.99. The molecule has 3 nitrogen and oxygen atoms in total. The molecular weight excluding hydrogens is 330 g/mol. The van der Waals surface area contributed by atoms with Crippen molar-refractivity contribution in [2.45, 2.75) is 19.8 Å². The molecule has 3 rings (SSSR count). The van der Waals surface area contributed by atoms with E-state index in [9.17, 15) is 9.59 Å². The predicted octanol–water partition coefficient (Wildman–Crippen LogP) is 3.79. The second-order valence-corrected chi connectivity index (χ2v) is 6.78. The van der Waals surface area contributed by atoms with Crippen molar-refractivity contribution >= 4 is 33.3 Å². The van der Waals surface area contributed by atoms with Crippen LogP contribution in [0.2, 0.25) is 0 Å². The maximum Gasteiger partial charge on any atom is 0.234 e. The normalized spacial score (nSPS) is 27.0. The van der Waals surface area contributed by atoms with Gasteiger partial charge in [-0.2, -0.15) is 0 Å². The highest BCUT2D eigenvalue weighted by molar-refractivity contribution is 9.10. The quantitative estimate of drug-likeness (QED) is 0.829. The van der Waals surface area contributed by atoms with Crippen LogP contribution in [0, 0.1) is 18.3 Å². The van der Waals surface area contributed by atoms with Crippen LogP contribution in [0.15, 0.2) is 47.0 Å². The maximum absolute atomic E-state index is 12.7. The third kappa shape index (κ3) is 2.38. The number of benzene rings is 1. The highest BCUT2D eigenvalue weighted by atomic mass is 79.9. The van der Waals surface area contributed by atoms with Gasteiger partial charge in [0.2, 0.25) is 5.91 Å². The molecule has 2 atom stereocenters. The lowest BCUT2D eigenvalue weighted by Gasteiger charge is -2.26. The Bertz CT molecular complexity index is 692. The third-order valence-electron chi connectivity index (χ3n) is 4.34. The summed E-state index contributed by atoms with van der Waals surface area (Å²) in [6.07, 6.45) is 4.38. The fourth-order valence-corrected chi connectivity index (χ4v) is 3.71. The van der Waals surface area contributed by atoms with Crippen molar-refractivity contribution in [2.75, 3.05) is 5.32 Å². The maximum atomic E-state index is 12.7. The molecule has 21 heavy (non-hydrogen) atoms. The van der Waals surface area contributed by atoms with E-state index in [0.717, 1.165) is 21.3 Å². The van der Waals surface area contributed by atoms with Crippen molar-refractivity contribution in [3.63, 3.8) is 0 Å². The van der Waals surface area contributed by atoms with Gasteiger partial charge < -0.3 is 5.32 Å². The number of amides is 1. The first-order chi connectivity index (χ1) is 9.91. The van der Waals surface area contributed by atoms with Gasteiger partial charge in [-0.15, -0.1) is 0 Å². The summed E-state index contributed by atoms with van der Waals surface area (Å²) in [5.41, 5.74) is 2.11. The summed E-state index contributed by atoms with van der Waals surface area (Å²) in [4.78, 5) is 24.5. The first-order valence-electron chi connectivity index (χ1n) is 6.90. The minimum absolute atomic E-state index is 0.0671. The van der Waals surface area contributed by atoms with E-state index in [2.05, 4.69) is 27.8 Å². The fraction of sp³-hybridized carbons (Fsp3) is 0.294. The monoisotopic (exact) mass is 345 g/mol. The second-order valence-electron chi connectivity index (χ2n) is 5.92. The fourth-order valence-electron chi connectivity index (χ4n) is 3.11. The summed E-state index contributed by atoms with van der Waals surface area (Å²) < 4.78 is 0.858. The Kier molecular flexibility index (Phi) is 3.36. The summed E-state index contributed by atoms with van der Waals surface area (Å²) >= 11 is 3.47. The largest absolute Gasteiger partial charge is 0.324 e. The van der Waals surface area contributed by atoms with E-state index in [1.54, 1.807) is 6.08 Å². The summed E-state index contributed by atoms with van der Waals surface area (Å²) in [6, 6.07) is 5.80. The predicted molar refractivity (Wildman–Crippen MR) is 86.0 cm³/mol. The number of allylic oxidation sites excluding steroid dienone is 2. The number of carbonyl (C=O) groups excluding carboxylic acids is 2. The molecule has 1 saturated carbocycles. The average Bonchev–Trinajstić information content (AvgIpc) is 2.72. The zero-order chi connectivity index (χ0) is 15.2. The Balaban J connectivity index is 1.87. The van der Waals surface area contributed by atoms with Crippen molar-refractivity contribution < 1.29 is 9.59 Å². The Hall–Kier alpha value is -1.68. The number of aryl methyl sites for hydroxylation is 1. The van der Waals surface area contributed by atoms with E-state index in [4.69, 9.17) is 0 Å². The molecule has 2 bridgehead atoms. The zero-order valence-electron chi connectivity index (χ0n) is 11.8. The first kappa shape index (κ1) is 14.3. The van der Waals surface area contributed by atoms with E-state index in [-0.39, 0.29) is 17.6 Å². The van der Waals surface area contributed by atoms with Crippen LogP contribution in [0.5, 0.6) is 0 Å². The molecule has 1 fully saturated rings. The molecule has 0 aromatic heterocycles. The zero-order valence-corrected chi connectivity index (χ0v) is 13.4. The highest BCUT2D eigenvalue weighted by Crippen LogP contribution is 2.49. The topological polar surface area (TPSA) is 46.2 Å². The van der Waals surface area contributed by atoms with Gasteiger partial charge in [-0.3, -0.25) is 9.59 Å². The highest BCUT2D eigenvalue weighted by Gasteiger charge is 2.49. The standard InChI is InChI=1S/C17H16BrNO2/c1-10-3-4-14(13(18)7-10)19-16(21)17-6-5-15(20)12(9-17)11(2)8-17/h3-7,12H,2,8-9H2,1H3,(H,19,21)/t12-,17+/m1/s1. The Morgan fingerprint density at radius 1 is 1.48 bits per heavy atom. The van der Waals surface area contributed by atoms with Crippen LogP contribution in [0.4, 0.5) is 5.69 Å². The van der Waals surface area contributed by atoms with Crippen molar-refractivity contribution in [1.29, 1.82) is 0 Å². The molecule has 0 saturated heterocycles. The number of halogens is 1. The molecule has 0 spiro atoms. The summed E-state index contributed by atoms with van der Waals surface area (Å²) in [5, 5.41) is 2.97. The second kappa shape index (κ2) is 4.95. The van der Waals surface area contributed by atoms with E-state index >= 15 is 0 Å². The average molecular weight is 346 g/mol. The van der Waals surface area contributed by atoms with Crippen molar-refractivity contribution in [3.05, 3.63) is 52.5 Å². The van der Waals surface area contributed by atoms with Gasteiger partial charge in [0.15, 0.2) is 5.78 Å². The molecule has 2 aliphatic rings. The molecule has 108 valence electrons. The molecular formula is C17H16BrNO2. The van der Waals surface area contributed by atoms with E-state index in [0.29, 0.717) is 12.8 Å². The van der Waals surface area contributed by atoms with Crippen molar-refractivity contribution in [3.8, 4) is 0 Å². The number of nitrogens with one attached hydrogen (secondary N) is 1. The minimum Gasteiger partial charge on any atom is -0.324 e. The molecule has 4 heteroatoms. The van der Waals surface area contributed by atoms with Crippen LogP contribution in [0.3, 0.4) is 0 Å². The van der Waals surface area contributed by atoms with Gasteiger partial charge in [0.25, 0.3) is 0 Å². The smallest absolute Gasteiger partial charge is 0.234 e. The van der Waals surface area contributed by atoms with Crippen molar-refractivity contribution in [1.82, 2.24) is 0 Å². The van der Waals surface area contributed by atoms with Crippen LogP contribution < -0.4 is 5.32 Å². The summed E-state index contributed by atoms with van der Waals surface area (Å²) in [5.74, 6) is -0.195. The van der Waals surface area contributed by atoms with Gasteiger partial charge in [-0.25, -0.2) is 0 Å². The number of fused-ring (bicyclic) bond motifs is 2. The minimum atomic E-state index is -0.625. The van der Waals surface area contributed by atoms with Crippen molar-refractivity contribution in [2.24, 2.45) is 11.3 Å². The van der Waals surface area contributed by atoms with Crippen LogP contribution in [-0.4, -0.2) is 11.7 Å². The van der Waals surface area contributed by atoms with E-state index in [1.165, 1.54) is 6.08 Å². The van der Waals surface area contributed by atoms with Gasteiger partial charge >= 0.3 is 0 Å². The molecule has 0 aliphatic heterocycles. The molecule has 2 aliphatic carbocycles. The van der Waals surface area contributed by atoms with Crippen LogP contribution in [-0.2, 0) is 9.59 Å². The van der Waals surface area contributed by atoms with Gasteiger partial charge in [-0.05, 0) is 59.5 Å². The molecule has 1 amide bonds. The van der Waals surface area contributed by atoms with Crippen LogP contribution >= 0.6 is 15.9 Å².